The van der Waals surface area contributed by atoms with E-state index in [2.05, 4.69) is 21.2 Å². The topological polar surface area (TPSA) is 49.3 Å². The first-order chi connectivity index (χ1) is 8.66. The second kappa shape index (κ2) is 6.02. The number of hydrogen-bond donors (Lipinski definition) is 2. The van der Waals surface area contributed by atoms with Crippen molar-refractivity contribution in [1.29, 1.82) is 0 Å². The summed E-state index contributed by atoms with van der Waals surface area (Å²) >= 11 is 5.05. The van der Waals surface area contributed by atoms with Gasteiger partial charge in [-0.05, 0) is 46.6 Å². The molecule has 5 heteroatoms. The Bertz CT molecular complexity index is 553. The monoisotopic (exact) mass is 325 g/mol. The molecule has 0 aliphatic carbocycles. The van der Waals surface area contributed by atoms with Crippen LogP contribution >= 0.6 is 27.3 Å². The Balaban J connectivity index is 1.87. The van der Waals surface area contributed by atoms with Crippen molar-refractivity contribution in [1.82, 2.24) is 5.32 Å². The van der Waals surface area contributed by atoms with E-state index in [1.165, 1.54) is 10.9 Å². The Hall–Kier alpha value is -1.33. The minimum Gasteiger partial charge on any atom is -0.507 e. The minimum atomic E-state index is -0.247. The molecule has 0 atom stereocenters. The molecule has 0 fully saturated rings. The molecule has 2 N–H and O–H groups in total. The van der Waals surface area contributed by atoms with Gasteiger partial charge in [-0.1, -0.05) is 12.1 Å². The van der Waals surface area contributed by atoms with Gasteiger partial charge in [0.05, 0.1) is 9.35 Å². The molecule has 1 amide bonds. The highest BCUT2D eigenvalue weighted by molar-refractivity contribution is 9.11. The highest BCUT2D eigenvalue weighted by Crippen LogP contribution is 2.22. The highest BCUT2D eigenvalue weighted by Gasteiger charge is 2.09. The smallest absolute Gasteiger partial charge is 0.255 e. The first-order valence-corrected chi connectivity index (χ1v) is 7.08. The van der Waals surface area contributed by atoms with Gasteiger partial charge in [0.15, 0.2) is 0 Å². The molecule has 3 nitrogen and oxygen atoms in total. The number of phenols is 1. The van der Waals surface area contributed by atoms with E-state index in [-0.39, 0.29) is 11.7 Å². The zero-order chi connectivity index (χ0) is 13.0. The van der Waals surface area contributed by atoms with Gasteiger partial charge < -0.3 is 10.4 Å². The number of thiophene rings is 1. The molecule has 0 radical (unpaired) electrons. The van der Waals surface area contributed by atoms with Gasteiger partial charge in [-0.15, -0.1) is 11.3 Å². The molecule has 2 aromatic rings. The Kier molecular flexibility index (Phi) is 4.38. The van der Waals surface area contributed by atoms with E-state index in [0.717, 1.165) is 10.2 Å². The van der Waals surface area contributed by atoms with Crippen molar-refractivity contribution >= 4 is 33.2 Å². The van der Waals surface area contributed by atoms with Gasteiger partial charge in [0, 0.05) is 11.4 Å². The fraction of sp³-hybridized carbons (Fsp3) is 0.154. The number of phenolic OH excluding ortho intramolecular Hbond substituents is 1. The van der Waals surface area contributed by atoms with Crippen molar-refractivity contribution in [3.8, 4) is 5.75 Å². The number of benzene rings is 1. The molecule has 0 saturated heterocycles. The molecule has 0 aliphatic heterocycles. The van der Waals surface area contributed by atoms with E-state index < -0.39 is 0 Å². The Morgan fingerprint density at radius 1 is 1.28 bits per heavy atom. The standard InChI is InChI=1S/C13H12BrNO2S/c14-12-6-5-9(18-12)7-8-15-13(17)10-3-1-2-4-11(10)16/h1-6,16H,7-8H2,(H,15,17). The number of nitrogens with one attached hydrogen (secondary N) is 1. The van der Waals surface area contributed by atoms with Crippen LogP contribution in [0.1, 0.15) is 15.2 Å². The number of amides is 1. The third-order valence-electron chi connectivity index (χ3n) is 2.43. The third kappa shape index (κ3) is 3.34. The summed E-state index contributed by atoms with van der Waals surface area (Å²) in [5, 5.41) is 12.3. The third-order valence-corrected chi connectivity index (χ3v) is 4.12. The molecule has 1 aromatic heterocycles. The molecule has 2 rings (SSSR count). The van der Waals surface area contributed by atoms with Gasteiger partial charge in [-0.3, -0.25) is 4.79 Å². The molecule has 1 heterocycles. The van der Waals surface area contributed by atoms with Gasteiger partial charge in [0.2, 0.25) is 0 Å². The molecule has 0 bridgehead atoms. The van der Waals surface area contributed by atoms with Crippen molar-refractivity contribution in [3.05, 3.63) is 50.6 Å². The number of halogens is 1. The maximum absolute atomic E-state index is 11.8. The highest BCUT2D eigenvalue weighted by atomic mass is 79.9. The van der Waals surface area contributed by atoms with Crippen LogP contribution in [0.25, 0.3) is 0 Å². The maximum Gasteiger partial charge on any atom is 0.255 e. The SMILES string of the molecule is O=C(NCCc1ccc(Br)s1)c1ccccc1O. The summed E-state index contributed by atoms with van der Waals surface area (Å²) in [7, 11) is 0. The van der Waals surface area contributed by atoms with E-state index >= 15 is 0 Å². The molecular formula is C13H12BrNO2S. The van der Waals surface area contributed by atoms with Crippen LogP contribution in [0.15, 0.2) is 40.2 Å². The van der Waals surface area contributed by atoms with Crippen LogP contribution in [-0.4, -0.2) is 17.6 Å². The zero-order valence-electron chi connectivity index (χ0n) is 9.52. The van der Waals surface area contributed by atoms with Gasteiger partial charge >= 0.3 is 0 Å². The predicted molar refractivity (Wildman–Crippen MR) is 76.2 cm³/mol. The lowest BCUT2D eigenvalue weighted by molar-refractivity contribution is 0.0951. The van der Waals surface area contributed by atoms with Gasteiger partial charge in [-0.2, -0.15) is 0 Å². The molecule has 0 unspecified atom stereocenters. The first kappa shape index (κ1) is 13.1. The Morgan fingerprint density at radius 2 is 2.06 bits per heavy atom. The number of rotatable bonds is 4. The van der Waals surface area contributed by atoms with Crippen LogP contribution in [0.5, 0.6) is 5.75 Å². The fourth-order valence-corrected chi connectivity index (χ4v) is 3.03. The molecule has 0 spiro atoms. The quantitative estimate of drug-likeness (QED) is 0.907. The van der Waals surface area contributed by atoms with E-state index in [0.29, 0.717) is 12.1 Å². The van der Waals surface area contributed by atoms with Crippen molar-refractivity contribution in [2.24, 2.45) is 0 Å². The van der Waals surface area contributed by atoms with E-state index in [4.69, 9.17) is 0 Å². The predicted octanol–water partition coefficient (Wildman–Crippen LogP) is 3.19. The zero-order valence-corrected chi connectivity index (χ0v) is 11.9. The van der Waals surface area contributed by atoms with Crippen LogP contribution in [0.2, 0.25) is 0 Å². The number of carbonyl (C=O) groups is 1. The second-order valence-electron chi connectivity index (χ2n) is 3.73. The van der Waals surface area contributed by atoms with E-state index in [1.807, 2.05) is 12.1 Å². The average Bonchev–Trinajstić information content (AvgIpc) is 2.75. The van der Waals surface area contributed by atoms with E-state index in [9.17, 15) is 9.90 Å². The first-order valence-electron chi connectivity index (χ1n) is 5.47. The molecule has 94 valence electrons. The molecule has 1 aromatic carbocycles. The summed E-state index contributed by atoms with van der Waals surface area (Å²) in [4.78, 5) is 13.0. The lowest BCUT2D eigenvalue weighted by Crippen LogP contribution is -2.25. The van der Waals surface area contributed by atoms with Gasteiger partial charge in [0.1, 0.15) is 5.75 Å². The van der Waals surface area contributed by atoms with Gasteiger partial charge in [0.25, 0.3) is 5.91 Å². The normalized spacial score (nSPS) is 10.3. The van der Waals surface area contributed by atoms with Crippen molar-refractivity contribution in [2.75, 3.05) is 6.54 Å². The van der Waals surface area contributed by atoms with Crippen molar-refractivity contribution < 1.29 is 9.90 Å². The Morgan fingerprint density at radius 3 is 2.72 bits per heavy atom. The largest absolute Gasteiger partial charge is 0.507 e. The number of para-hydroxylation sites is 1. The van der Waals surface area contributed by atoms with Crippen LogP contribution in [0.4, 0.5) is 0 Å². The molecule has 18 heavy (non-hydrogen) atoms. The number of carbonyl (C=O) groups excluding carboxylic acids is 1. The molecular weight excluding hydrogens is 314 g/mol. The van der Waals surface area contributed by atoms with E-state index in [1.54, 1.807) is 29.5 Å². The Labute approximate surface area is 118 Å². The fourth-order valence-electron chi connectivity index (χ4n) is 1.55. The van der Waals surface area contributed by atoms with Crippen LogP contribution < -0.4 is 5.32 Å². The summed E-state index contributed by atoms with van der Waals surface area (Å²) in [5.74, 6) is -0.238. The number of hydrogen-bond acceptors (Lipinski definition) is 3. The van der Waals surface area contributed by atoms with Crippen molar-refractivity contribution in [2.45, 2.75) is 6.42 Å². The lowest BCUT2D eigenvalue weighted by Gasteiger charge is -2.05. The summed E-state index contributed by atoms with van der Waals surface area (Å²) in [6.07, 6.45) is 0.787. The van der Waals surface area contributed by atoms with Crippen molar-refractivity contribution in [3.63, 3.8) is 0 Å². The minimum absolute atomic E-state index is 0.00821. The number of aromatic hydroxyl groups is 1. The average molecular weight is 326 g/mol. The second-order valence-corrected chi connectivity index (χ2v) is 6.28. The van der Waals surface area contributed by atoms with Gasteiger partial charge in [-0.25, -0.2) is 0 Å². The summed E-state index contributed by atoms with van der Waals surface area (Å²) in [5.41, 5.74) is 0.310. The molecule has 0 saturated carbocycles. The molecule has 0 aliphatic rings. The summed E-state index contributed by atoms with van der Waals surface area (Å²) in [6.45, 7) is 0.556. The summed E-state index contributed by atoms with van der Waals surface area (Å²) in [6, 6.07) is 10.5. The van der Waals surface area contributed by atoms with Crippen LogP contribution in [-0.2, 0) is 6.42 Å². The summed E-state index contributed by atoms with van der Waals surface area (Å²) < 4.78 is 1.09. The van der Waals surface area contributed by atoms with Crippen LogP contribution in [0, 0.1) is 0 Å². The lowest BCUT2D eigenvalue weighted by atomic mass is 10.2. The maximum atomic E-state index is 11.8. The van der Waals surface area contributed by atoms with Crippen LogP contribution in [0.3, 0.4) is 0 Å².